The van der Waals surface area contributed by atoms with Crippen LogP contribution in [-0.2, 0) is 15.5 Å². The van der Waals surface area contributed by atoms with Crippen LogP contribution in [0, 0.1) is 0 Å². The van der Waals surface area contributed by atoms with E-state index in [0.29, 0.717) is 6.92 Å². The lowest BCUT2D eigenvalue weighted by atomic mass is 10.0. The Hall–Kier alpha value is -1.89. The van der Waals surface area contributed by atoms with E-state index in [1.807, 2.05) is 0 Å². The molecule has 0 saturated carbocycles. The molecule has 0 aliphatic heterocycles. The molecule has 21 heavy (non-hydrogen) atoms. The third-order valence-electron chi connectivity index (χ3n) is 2.69. The molecule has 2 N–H and O–H groups in total. The molecule has 1 amide bonds. The highest BCUT2D eigenvalue weighted by molar-refractivity contribution is 6.29. The smallest absolute Gasteiger partial charge is 0.337 e. The fourth-order valence-corrected chi connectivity index (χ4v) is 1.80. The Labute approximate surface area is 125 Å². The van der Waals surface area contributed by atoms with Gasteiger partial charge in [0.05, 0.1) is 24.0 Å². The quantitative estimate of drug-likeness (QED) is 0.646. The van der Waals surface area contributed by atoms with Gasteiger partial charge in [0.2, 0.25) is 5.91 Å². The molecule has 0 aliphatic rings. The summed E-state index contributed by atoms with van der Waals surface area (Å²) in [7, 11) is 2.62. The number of rotatable bonds is 5. The Bertz CT molecular complexity index is 559. The lowest BCUT2D eigenvalue weighted by molar-refractivity contribution is -0.113. The van der Waals surface area contributed by atoms with Crippen LogP contribution in [0.1, 0.15) is 22.8 Å². The molecule has 0 aromatic heterocycles. The minimum absolute atomic E-state index is 0.0535. The summed E-state index contributed by atoms with van der Waals surface area (Å²) in [6.07, 6.45) is 0. The van der Waals surface area contributed by atoms with Crippen molar-refractivity contribution >= 4 is 34.9 Å². The Balaban J connectivity index is 3.52. The van der Waals surface area contributed by atoms with Crippen LogP contribution in [0.5, 0.6) is 0 Å². The van der Waals surface area contributed by atoms with Gasteiger partial charge in [-0.3, -0.25) is 4.79 Å². The predicted octanol–water partition coefficient (Wildman–Crippen LogP) is 2.80. The highest BCUT2D eigenvalue weighted by Crippen LogP contribution is 2.38. The lowest BCUT2D eigenvalue weighted by Gasteiger charge is -2.20. The first-order chi connectivity index (χ1) is 9.74. The van der Waals surface area contributed by atoms with Gasteiger partial charge in [-0.2, -0.15) is 0 Å². The number of nitrogens with one attached hydrogen (secondary N) is 2. The van der Waals surface area contributed by atoms with Gasteiger partial charge in [0.1, 0.15) is 5.88 Å². The van der Waals surface area contributed by atoms with E-state index in [1.54, 1.807) is 0 Å². The third-order valence-corrected chi connectivity index (χ3v) is 2.93. The zero-order valence-electron chi connectivity index (χ0n) is 11.7. The second-order valence-electron chi connectivity index (χ2n) is 4.26. The second-order valence-corrected chi connectivity index (χ2v) is 4.53. The Morgan fingerprint density at radius 1 is 1.38 bits per heavy atom. The summed E-state index contributed by atoms with van der Waals surface area (Å²) in [6, 6.07) is 2.29. The van der Waals surface area contributed by atoms with E-state index in [2.05, 4.69) is 15.4 Å². The van der Waals surface area contributed by atoms with Gasteiger partial charge in [-0.25, -0.2) is 13.6 Å². The molecule has 0 aliphatic carbocycles. The van der Waals surface area contributed by atoms with Crippen LogP contribution in [0.4, 0.5) is 20.2 Å². The second kappa shape index (κ2) is 6.71. The number of carbonyl (C=O) groups is 2. The number of hydrogen-bond acceptors (Lipinski definition) is 4. The topological polar surface area (TPSA) is 67.4 Å². The van der Waals surface area contributed by atoms with Crippen molar-refractivity contribution < 1.29 is 23.1 Å². The summed E-state index contributed by atoms with van der Waals surface area (Å²) in [6.45, 7) is 0.666. The summed E-state index contributed by atoms with van der Waals surface area (Å²) >= 11 is 5.37. The summed E-state index contributed by atoms with van der Waals surface area (Å²) in [5.74, 6) is -5.04. The molecule has 1 rings (SSSR count). The van der Waals surface area contributed by atoms with E-state index in [-0.39, 0.29) is 22.8 Å². The van der Waals surface area contributed by atoms with Crippen LogP contribution >= 0.6 is 11.6 Å². The molecule has 0 bridgehead atoms. The molecule has 0 fully saturated rings. The van der Waals surface area contributed by atoms with Crippen molar-refractivity contribution in [2.24, 2.45) is 0 Å². The third kappa shape index (κ3) is 4.04. The Morgan fingerprint density at radius 2 is 2.00 bits per heavy atom. The number of halogens is 3. The van der Waals surface area contributed by atoms with E-state index in [1.165, 1.54) is 13.1 Å². The molecule has 0 unspecified atom stereocenters. The summed E-state index contributed by atoms with van der Waals surface area (Å²) in [5.41, 5.74) is -0.522. The first-order valence-electron chi connectivity index (χ1n) is 5.92. The fraction of sp³-hybridized carbons (Fsp3) is 0.385. The van der Waals surface area contributed by atoms with Crippen LogP contribution in [0.15, 0.2) is 12.1 Å². The van der Waals surface area contributed by atoms with Crippen LogP contribution in [-0.4, -0.2) is 31.9 Å². The molecule has 0 spiro atoms. The number of carbonyl (C=O) groups excluding carboxylic acids is 2. The van der Waals surface area contributed by atoms with E-state index < -0.39 is 23.4 Å². The molecule has 1 aromatic carbocycles. The van der Waals surface area contributed by atoms with Gasteiger partial charge in [-0.05, 0) is 12.1 Å². The number of ether oxygens (including phenoxy) is 1. The van der Waals surface area contributed by atoms with E-state index in [4.69, 9.17) is 11.6 Å². The van der Waals surface area contributed by atoms with Crippen molar-refractivity contribution in [2.75, 3.05) is 30.7 Å². The minimum atomic E-state index is -3.27. The van der Waals surface area contributed by atoms with Gasteiger partial charge >= 0.3 is 5.97 Å². The van der Waals surface area contributed by atoms with Crippen molar-refractivity contribution in [1.82, 2.24) is 0 Å². The number of hydrogen-bond donors (Lipinski definition) is 2. The maximum absolute atomic E-state index is 13.8. The first kappa shape index (κ1) is 17.2. The molecular weight excluding hydrogens is 306 g/mol. The molecule has 0 heterocycles. The zero-order valence-corrected chi connectivity index (χ0v) is 12.5. The molecule has 0 radical (unpaired) electrons. The molecule has 8 heteroatoms. The van der Waals surface area contributed by atoms with Crippen molar-refractivity contribution in [2.45, 2.75) is 12.8 Å². The number of methoxy groups -OCH3 is 1. The fourth-order valence-electron chi connectivity index (χ4n) is 1.73. The molecule has 0 saturated heterocycles. The SMILES string of the molecule is CNc1cc(C(=O)OC)cc(C(C)(F)F)c1NC(=O)CCl. The summed E-state index contributed by atoms with van der Waals surface area (Å²) in [4.78, 5) is 22.9. The normalized spacial score (nSPS) is 11.0. The molecule has 116 valence electrons. The number of anilines is 2. The monoisotopic (exact) mass is 320 g/mol. The van der Waals surface area contributed by atoms with Crippen LogP contribution in [0.3, 0.4) is 0 Å². The van der Waals surface area contributed by atoms with E-state index in [0.717, 1.165) is 13.2 Å². The van der Waals surface area contributed by atoms with Crippen LogP contribution in [0.25, 0.3) is 0 Å². The maximum Gasteiger partial charge on any atom is 0.337 e. The maximum atomic E-state index is 13.8. The average Bonchev–Trinajstić information content (AvgIpc) is 2.44. The van der Waals surface area contributed by atoms with Crippen LogP contribution < -0.4 is 10.6 Å². The van der Waals surface area contributed by atoms with Crippen molar-refractivity contribution in [3.8, 4) is 0 Å². The number of amides is 1. The Morgan fingerprint density at radius 3 is 2.43 bits per heavy atom. The van der Waals surface area contributed by atoms with Gasteiger partial charge < -0.3 is 15.4 Å². The standard InChI is InChI=1S/C13H15ClF2N2O3/c1-13(15,16)8-4-7(12(20)21-3)5-9(17-2)11(8)18-10(19)6-14/h4-5,17H,6H2,1-3H3,(H,18,19). The van der Waals surface area contributed by atoms with Crippen molar-refractivity contribution in [1.29, 1.82) is 0 Å². The predicted molar refractivity (Wildman–Crippen MR) is 76.2 cm³/mol. The molecular formula is C13H15ClF2N2O3. The summed E-state index contributed by atoms with van der Waals surface area (Å²) < 4.78 is 32.1. The number of benzene rings is 1. The number of esters is 1. The van der Waals surface area contributed by atoms with Gasteiger partial charge in [0.25, 0.3) is 5.92 Å². The highest BCUT2D eigenvalue weighted by atomic mass is 35.5. The van der Waals surface area contributed by atoms with Gasteiger partial charge in [0, 0.05) is 19.5 Å². The molecule has 5 nitrogen and oxygen atoms in total. The zero-order chi connectivity index (χ0) is 16.2. The largest absolute Gasteiger partial charge is 0.465 e. The minimum Gasteiger partial charge on any atom is -0.465 e. The van der Waals surface area contributed by atoms with Crippen molar-refractivity contribution in [3.05, 3.63) is 23.3 Å². The molecule has 1 aromatic rings. The number of alkyl halides is 3. The Kier molecular flexibility index (Phi) is 5.48. The van der Waals surface area contributed by atoms with Gasteiger partial charge in [0.15, 0.2) is 0 Å². The average molecular weight is 321 g/mol. The van der Waals surface area contributed by atoms with E-state index >= 15 is 0 Å². The highest BCUT2D eigenvalue weighted by Gasteiger charge is 2.31. The first-order valence-corrected chi connectivity index (χ1v) is 6.46. The van der Waals surface area contributed by atoms with Crippen LogP contribution in [0.2, 0.25) is 0 Å². The van der Waals surface area contributed by atoms with Gasteiger partial charge in [-0.15, -0.1) is 11.6 Å². The molecule has 0 atom stereocenters. The summed E-state index contributed by atoms with van der Waals surface area (Å²) in [5, 5.41) is 4.96. The lowest BCUT2D eigenvalue weighted by Crippen LogP contribution is -2.20. The van der Waals surface area contributed by atoms with Crippen molar-refractivity contribution in [3.63, 3.8) is 0 Å². The van der Waals surface area contributed by atoms with Gasteiger partial charge in [-0.1, -0.05) is 0 Å². The van der Waals surface area contributed by atoms with E-state index in [9.17, 15) is 18.4 Å².